The van der Waals surface area contributed by atoms with Gasteiger partial charge in [0.2, 0.25) is 5.91 Å². The average Bonchev–Trinajstić information content (AvgIpc) is 3.36. The van der Waals surface area contributed by atoms with E-state index >= 15 is 0 Å². The van der Waals surface area contributed by atoms with E-state index in [0.717, 1.165) is 43.7 Å². The molecular weight excluding hydrogens is 376 g/mol. The molecule has 2 aromatic rings. The largest absolute Gasteiger partial charge is 0.355 e. The molecule has 2 atom stereocenters. The normalized spacial score (nSPS) is 23.7. The van der Waals surface area contributed by atoms with Crippen LogP contribution < -0.4 is 10.6 Å². The summed E-state index contributed by atoms with van der Waals surface area (Å²) in [5.41, 5.74) is 1.95. The number of hydrogen-bond donors (Lipinski definition) is 2. The van der Waals surface area contributed by atoms with E-state index in [0.29, 0.717) is 18.4 Å². The summed E-state index contributed by atoms with van der Waals surface area (Å²) >= 11 is 0. The number of nitrogens with one attached hydrogen (secondary N) is 2. The lowest BCUT2D eigenvalue weighted by atomic mass is 9.67. The first-order chi connectivity index (χ1) is 13.2. The summed E-state index contributed by atoms with van der Waals surface area (Å²) in [6, 6.07) is 8.13. The molecule has 4 rings (SSSR count). The van der Waals surface area contributed by atoms with Gasteiger partial charge in [-0.3, -0.25) is 4.79 Å². The van der Waals surface area contributed by atoms with Crippen LogP contribution in [0.15, 0.2) is 28.8 Å². The fourth-order valence-electron chi connectivity index (χ4n) is 4.52. The van der Waals surface area contributed by atoms with Crippen LogP contribution in [0.1, 0.15) is 44.0 Å². The van der Waals surface area contributed by atoms with Gasteiger partial charge in [0.1, 0.15) is 0 Å². The predicted octanol–water partition coefficient (Wildman–Crippen LogP) is 3.16. The topological polar surface area (TPSA) is 80.0 Å². The maximum absolute atomic E-state index is 12.9. The van der Waals surface area contributed by atoms with Gasteiger partial charge in [-0.1, -0.05) is 37.1 Å². The number of benzene rings is 1. The van der Waals surface area contributed by atoms with Crippen LogP contribution in [0, 0.1) is 11.3 Å². The minimum absolute atomic E-state index is 0. The van der Waals surface area contributed by atoms with Crippen LogP contribution in [0.25, 0.3) is 11.5 Å². The fraction of sp³-hybridized carbons (Fsp3) is 0.571. The Balaban J connectivity index is 0.00000225. The molecule has 28 heavy (non-hydrogen) atoms. The van der Waals surface area contributed by atoms with Gasteiger partial charge in [0.25, 0.3) is 5.89 Å². The number of carbonyl (C=O) groups is 1. The van der Waals surface area contributed by atoms with Crippen LogP contribution in [0.3, 0.4) is 0 Å². The van der Waals surface area contributed by atoms with Crippen LogP contribution in [0.5, 0.6) is 0 Å². The number of amides is 1. The van der Waals surface area contributed by atoms with Crippen LogP contribution in [-0.2, 0) is 17.6 Å². The van der Waals surface area contributed by atoms with Crippen molar-refractivity contribution in [3.63, 3.8) is 0 Å². The molecule has 0 radical (unpaired) electrons. The van der Waals surface area contributed by atoms with E-state index in [1.807, 2.05) is 19.1 Å². The second kappa shape index (κ2) is 9.05. The van der Waals surface area contributed by atoms with E-state index in [4.69, 9.17) is 4.52 Å². The zero-order valence-corrected chi connectivity index (χ0v) is 17.2. The van der Waals surface area contributed by atoms with Crippen molar-refractivity contribution in [3.8, 4) is 11.5 Å². The third-order valence-electron chi connectivity index (χ3n) is 6.17. The van der Waals surface area contributed by atoms with Crippen molar-refractivity contribution in [2.75, 3.05) is 19.6 Å². The number of aryl methyl sites for hydroxylation is 1. The monoisotopic (exact) mass is 404 g/mol. The number of nitrogens with zero attached hydrogens (tertiary/aromatic N) is 2. The molecule has 2 heterocycles. The molecule has 0 bridgehead atoms. The van der Waals surface area contributed by atoms with Gasteiger partial charge < -0.3 is 15.2 Å². The average molecular weight is 405 g/mol. The molecular formula is C21H29ClN4O2. The van der Waals surface area contributed by atoms with Gasteiger partial charge in [-0.2, -0.15) is 4.98 Å². The summed E-state index contributed by atoms with van der Waals surface area (Å²) in [5.74, 6) is 2.03. The van der Waals surface area contributed by atoms with Crippen molar-refractivity contribution in [1.82, 2.24) is 20.8 Å². The SMILES string of the molecule is CCc1noc(-c2ccc(CCNC(=O)[C@@]34CCCC[C@H]3CNC4)cc2)n1.Cl. The van der Waals surface area contributed by atoms with Crippen LogP contribution in [0.2, 0.25) is 0 Å². The Labute approximate surface area is 172 Å². The van der Waals surface area contributed by atoms with Gasteiger partial charge >= 0.3 is 0 Å². The maximum atomic E-state index is 12.9. The highest BCUT2D eigenvalue weighted by Gasteiger charge is 2.49. The molecule has 1 amide bonds. The van der Waals surface area contributed by atoms with E-state index in [1.54, 1.807) is 0 Å². The maximum Gasteiger partial charge on any atom is 0.257 e. The van der Waals surface area contributed by atoms with Crippen molar-refractivity contribution in [2.24, 2.45) is 11.3 Å². The number of aromatic nitrogens is 2. The molecule has 6 nitrogen and oxygen atoms in total. The zero-order valence-electron chi connectivity index (χ0n) is 16.4. The van der Waals surface area contributed by atoms with Gasteiger partial charge in [-0.25, -0.2) is 0 Å². The zero-order chi connectivity index (χ0) is 18.7. The molecule has 152 valence electrons. The summed E-state index contributed by atoms with van der Waals surface area (Å²) in [7, 11) is 0. The number of halogens is 1. The summed E-state index contributed by atoms with van der Waals surface area (Å²) in [6.45, 7) is 4.50. The molecule has 1 aromatic carbocycles. The molecule has 0 unspecified atom stereocenters. The third kappa shape index (κ3) is 4.08. The predicted molar refractivity (Wildman–Crippen MR) is 110 cm³/mol. The van der Waals surface area contributed by atoms with Gasteiger partial charge in [0, 0.05) is 25.1 Å². The minimum Gasteiger partial charge on any atom is -0.355 e. The Morgan fingerprint density at radius 2 is 2.14 bits per heavy atom. The first-order valence-corrected chi connectivity index (χ1v) is 10.1. The summed E-state index contributed by atoms with van der Waals surface area (Å²) < 4.78 is 5.28. The van der Waals surface area contributed by atoms with Gasteiger partial charge in [-0.05, 0) is 49.4 Å². The van der Waals surface area contributed by atoms with E-state index in [9.17, 15) is 4.79 Å². The number of fused-ring (bicyclic) bond motifs is 1. The molecule has 2 aliphatic rings. The first-order valence-electron chi connectivity index (χ1n) is 10.1. The van der Waals surface area contributed by atoms with Crippen LogP contribution >= 0.6 is 12.4 Å². The van der Waals surface area contributed by atoms with Gasteiger partial charge in [0.05, 0.1) is 5.41 Å². The molecule has 1 aliphatic heterocycles. The summed E-state index contributed by atoms with van der Waals surface area (Å²) in [5, 5.41) is 10.6. The van der Waals surface area contributed by atoms with Crippen molar-refractivity contribution in [1.29, 1.82) is 0 Å². The Bertz CT molecular complexity index is 792. The molecule has 1 saturated carbocycles. The number of hydrogen-bond acceptors (Lipinski definition) is 5. The molecule has 2 fully saturated rings. The highest BCUT2D eigenvalue weighted by molar-refractivity contribution is 5.85. The quantitative estimate of drug-likeness (QED) is 0.773. The Hall–Kier alpha value is -1.92. The van der Waals surface area contributed by atoms with Crippen molar-refractivity contribution in [2.45, 2.75) is 45.4 Å². The third-order valence-corrected chi connectivity index (χ3v) is 6.17. The van der Waals surface area contributed by atoms with Gasteiger partial charge in [-0.15, -0.1) is 12.4 Å². The molecule has 7 heteroatoms. The molecule has 0 spiro atoms. The number of carbonyl (C=O) groups excluding carboxylic acids is 1. The number of rotatable bonds is 6. The fourth-order valence-corrected chi connectivity index (χ4v) is 4.52. The first kappa shape index (κ1) is 20.8. The lowest BCUT2D eigenvalue weighted by molar-refractivity contribution is -0.133. The highest BCUT2D eigenvalue weighted by Crippen LogP contribution is 2.43. The van der Waals surface area contributed by atoms with Crippen molar-refractivity contribution >= 4 is 18.3 Å². The van der Waals surface area contributed by atoms with Crippen molar-refractivity contribution in [3.05, 3.63) is 35.7 Å². The van der Waals surface area contributed by atoms with Crippen LogP contribution in [0.4, 0.5) is 0 Å². The Morgan fingerprint density at radius 3 is 2.89 bits per heavy atom. The second-order valence-electron chi connectivity index (χ2n) is 7.80. The smallest absolute Gasteiger partial charge is 0.257 e. The molecule has 1 saturated heterocycles. The molecule has 2 N–H and O–H groups in total. The highest BCUT2D eigenvalue weighted by atomic mass is 35.5. The summed E-state index contributed by atoms with van der Waals surface area (Å²) in [6.07, 6.45) is 6.21. The lowest BCUT2D eigenvalue weighted by Crippen LogP contribution is -2.48. The Kier molecular flexibility index (Phi) is 6.73. The van der Waals surface area contributed by atoms with E-state index in [-0.39, 0.29) is 23.7 Å². The van der Waals surface area contributed by atoms with E-state index < -0.39 is 0 Å². The molecule has 1 aromatic heterocycles. The van der Waals surface area contributed by atoms with Gasteiger partial charge in [0.15, 0.2) is 5.82 Å². The lowest BCUT2D eigenvalue weighted by Gasteiger charge is -2.37. The summed E-state index contributed by atoms with van der Waals surface area (Å²) in [4.78, 5) is 17.2. The standard InChI is InChI=1S/C21H28N4O2.ClH/c1-2-18-24-19(27-25-18)16-8-6-15(7-9-16)10-12-23-20(26)21-11-4-3-5-17(21)13-22-14-21;/h6-9,17,22H,2-5,10-14H2,1H3,(H,23,26);1H/t17-,21+;/m0./s1. The minimum atomic E-state index is -0.170. The van der Waals surface area contributed by atoms with E-state index in [1.165, 1.54) is 24.8 Å². The molecule has 1 aliphatic carbocycles. The second-order valence-corrected chi connectivity index (χ2v) is 7.80. The van der Waals surface area contributed by atoms with E-state index in [2.05, 4.69) is 32.9 Å². The Morgan fingerprint density at radius 1 is 1.32 bits per heavy atom. The van der Waals surface area contributed by atoms with Crippen LogP contribution in [-0.4, -0.2) is 35.7 Å². The van der Waals surface area contributed by atoms with Crippen molar-refractivity contribution < 1.29 is 9.32 Å².